The van der Waals surface area contributed by atoms with Gasteiger partial charge in [0.05, 0.1) is 3.57 Å². The number of rotatable bonds is 2. The summed E-state index contributed by atoms with van der Waals surface area (Å²) in [5.41, 5.74) is 1.06. The van der Waals surface area contributed by atoms with Gasteiger partial charge in [-0.1, -0.05) is 12.1 Å². The van der Waals surface area contributed by atoms with Crippen molar-refractivity contribution >= 4 is 32.8 Å². The van der Waals surface area contributed by atoms with Gasteiger partial charge in [0, 0.05) is 10.2 Å². The Morgan fingerprint density at radius 2 is 2.00 bits per heavy atom. The molecule has 75 valence electrons. The molecule has 0 aliphatic carbocycles. The molecule has 0 aromatic heterocycles. The first kappa shape index (κ1) is 12.0. The van der Waals surface area contributed by atoms with Gasteiger partial charge in [-0.25, -0.2) is 0 Å². The molecule has 0 aliphatic heterocycles. The molecule has 0 aliphatic rings. The Morgan fingerprint density at radius 1 is 1.36 bits per heavy atom. The largest absolute Gasteiger partial charge is 0.487 e. The summed E-state index contributed by atoms with van der Waals surface area (Å²) in [4.78, 5) is 0. The van der Waals surface area contributed by atoms with E-state index in [1.165, 1.54) is 5.56 Å². The van der Waals surface area contributed by atoms with Crippen molar-refractivity contribution in [2.75, 3.05) is 0 Å². The van der Waals surface area contributed by atoms with Gasteiger partial charge in [-0.3, -0.25) is 0 Å². The van der Waals surface area contributed by atoms with Crippen LogP contribution in [0.2, 0.25) is 0 Å². The molecule has 0 N–H and O–H groups in total. The summed E-state index contributed by atoms with van der Waals surface area (Å²) < 4.78 is 7.08. The lowest BCUT2D eigenvalue weighted by Gasteiger charge is -2.24. The quantitative estimate of drug-likeness (QED) is 0.601. The predicted octanol–water partition coefficient (Wildman–Crippen LogP) is 3.14. The molecular weight excluding hydrogens is 303 g/mol. The Kier molecular flexibility index (Phi) is 4.01. The Hall–Kier alpha value is -0.0331. The minimum absolute atomic E-state index is 0.141. The van der Waals surface area contributed by atoms with E-state index in [0.29, 0.717) is 0 Å². The molecule has 0 atom stereocenters. The summed E-state index contributed by atoms with van der Waals surface area (Å²) >= 11 is 2.30. The van der Waals surface area contributed by atoms with Crippen molar-refractivity contribution in [2.24, 2.45) is 0 Å². The molecule has 0 fully saturated rings. The molecule has 0 saturated carbocycles. The monoisotopic (exact) mass is 317 g/mol. The molecule has 0 heterocycles. The van der Waals surface area contributed by atoms with E-state index in [1.807, 2.05) is 6.07 Å². The fourth-order valence-electron chi connectivity index (χ4n) is 1.11. The summed E-state index contributed by atoms with van der Waals surface area (Å²) in [7, 11) is 3.52. The van der Waals surface area contributed by atoms with Gasteiger partial charge in [0.15, 0.2) is 0 Å². The maximum Gasteiger partial charge on any atom is 0.136 e. The first-order valence-corrected chi connectivity index (χ1v) is 6.33. The van der Waals surface area contributed by atoms with E-state index in [0.717, 1.165) is 15.4 Å². The van der Waals surface area contributed by atoms with Crippen molar-refractivity contribution < 1.29 is 4.74 Å². The van der Waals surface area contributed by atoms with Crippen molar-refractivity contribution in [1.29, 1.82) is 0 Å². The van der Waals surface area contributed by atoms with E-state index in [2.05, 4.69) is 65.7 Å². The summed E-state index contributed by atoms with van der Waals surface area (Å²) in [6.07, 6.45) is 0. The van der Waals surface area contributed by atoms with Crippen LogP contribution in [0.4, 0.5) is 0 Å². The fraction of sp³-hybridized carbons (Fsp3) is 0.455. The highest BCUT2D eigenvalue weighted by molar-refractivity contribution is 14.1. The molecule has 0 spiro atoms. The van der Waals surface area contributed by atoms with Crippen LogP contribution in [0, 0.1) is 3.57 Å². The molecule has 3 heteroatoms. The number of hydrogen-bond donors (Lipinski definition) is 0. The predicted molar refractivity (Wildman–Crippen MR) is 69.0 cm³/mol. The molecule has 1 aromatic rings. The fourth-order valence-corrected chi connectivity index (χ4v) is 2.06. The van der Waals surface area contributed by atoms with Crippen LogP contribution in [0.25, 0.3) is 0 Å². The van der Waals surface area contributed by atoms with Crippen LogP contribution in [0.15, 0.2) is 18.2 Å². The average molecular weight is 317 g/mol. The number of benzene rings is 1. The number of halogens is 1. The first-order valence-electron chi connectivity index (χ1n) is 4.55. The Morgan fingerprint density at radius 3 is 2.50 bits per heavy atom. The zero-order valence-corrected chi connectivity index (χ0v) is 11.9. The van der Waals surface area contributed by atoms with Crippen LogP contribution in [-0.2, 0) is 6.04 Å². The minimum atomic E-state index is -0.141. The van der Waals surface area contributed by atoms with Crippen LogP contribution in [0.1, 0.15) is 26.3 Å². The second kappa shape index (κ2) is 4.66. The standard InChI is InChI=1S/C11H14IOSi/c1-11(2,3)13-10-8(7-14)5-4-6-9(10)12/h4-6H,7H2,1-3H3. The van der Waals surface area contributed by atoms with Crippen molar-refractivity contribution in [1.82, 2.24) is 0 Å². The van der Waals surface area contributed by atoms with E-state index in [4.69, 9.17) is 4.74 Å². The van der Waals surface area contributed by atoms with Gasteiger partial charge in [0.1, 0.15) is 11.4 Å². The highest BCUT2D eigenvalue weighted by atomic mass is 127. The highest BCUT2D eigenvalue weighted by Crippen LogP contribution is 2.28. The summed E-state index contributed by atoms with van der Waals surface area (Å²) in [5.74, 6) is 0.996. The Balaban J connectivity index is 3.05. The molecular formula is C11H14IOSi. The van der Waals surface area contributed by atoms with Crippen molar-refractivity contribution in [3.63, 3.8) is 0 Å². The van der Waals surface area contributed by atoms with Crippen molar-refractivity contribution in [3.8, 4) is 5.75 Å². The molecule has 0 unspecified atom stereocenters. The van der Waals surface area contributed by atoms with Crippen LogP contribution < -0.4 is 4.74 Å². The van der Waals surface area contributed by atoms with Crippen LogP contribution >= 0.6 is 22.6 Å². The van der Waals surface area contributed by atoms with E-state index in [1.54, 1.807) is 0 Å². The third kappa shape index (κ3) is 3.27. The van der Waals surface area contributed by atoms with Crippen LogP contribution in [0.5, 0.6) is 5.75 Å². The minimum Gasteiger partial charge on any atom is -0.487 e. The normalized spacial score (nSPS) is 11.5. The van der Waals surface area contributed by atoms with E-state index >= 15 is 0 Å². The molecule has 0 amide bonds. The summed E-state index contributed by atoms with van der Waals surface area (Å²) in [6.45, 7) is 6.19. The molecule has 1 rings (SSSR count). The molecule has 14 heavy (non-hydrogen) atoms. The Bertz CT molecular complexity index is 318. The van der Waals surface area contributed by atoms with Gasteiger partial charge in [-0.15, -0.1) is 0 Å². The summed E-state index contributed by atoms with van der Waals surface area (Å²) in [6, 6.07) is 7.01. The second-order valence-corrected chi connectivity index (χ2v) is 5.64. The lowest BCUT2D eigenvalue weighted by molar-refractivity contribution is 0.128. The van der Waals surface area contributed by atoms with Gasteiger partial charge < -0.3 is 4.74 Å². The van der Waals surface area contributed by atoms with Gasteiger partial charge in [0.25, 0.3) is 0 Å². The third-order valence-electron chi connectivity index (χ3n) is 1.65. The first-order chi connectivity index (χ1) is 6.44. The highest BCUT2D eigenvalue weighted by Gasteiger charge is 2.15. The SMILES string of the molecule is CC(C)(C)Oc1c(I)cccc1C[Si]. The van der Waals surface area contributed by atoms with Gasteiger partial charge in [0.2, 0.25) is 0 Å². The maximum atomic E-state index is 5.92. The third-order valence-corrected chi connectivity index (χ3v) is 2.88. The van der Waals surface area contributed by atoms with Gasteiger partial charge in [-0.2, -0.15) is 0 Å². The van der Waals surface area contributed by atoms with Gasteiger partial charge >= 0.3 is 0 Å². The molecule has 3 radical (unpaired) electrons. The zero-order valence-electron chi connectivity index (χ0n) is 8.73. The van der Waals surface area contributed by atoms with Crippen LogP contribution in [0.3, 0.4) is 0 Å². The lowest BCUT2D eigenvalue weighted by atomic mass is 10.1. The lowest BCUT2D eigenvalue weighted by Crippen LogP contribution is -2.24. The second-order valence-electron chi connectivity index (χ2n) is 4.12. The number of para-hydroxylation sites is 1. The smallest absolute Gasteiger partial charge is 0.136 e. The molecule has 1 aromatic carbocycles. The topological polar surface area (TPSA) is 9.23 Å². The van der Waals surface area contributed by atoms with E-state index < -0.39 is 0 Å². The number of ether oxygens (including phenoxy) is 1. The zero-order chi connectivity index (χ0) is 10.8. The number of hydrogen-bond acceptors (Lipinski definition) is 1. The van der Waals surface area contributed by atoms with Crippen molar-refractivity contribution in [3.05, 3.63) is 27.3 Å². The summed E-state index contributed by atoms with van der Waals surface area (Å²) in [5, 5.41) is 0. The van der Waals surface area contributed by atoms with Crippen molar-refractivity contribution in [2.45, 2.75) is 32.4 Å². The van der Waals surface area contributed by atoms with Crippen LogP contribution in [-0.4, -0.2) is 15.8 Å². The maximum absolute atomic E-state index is 5.92. The van der Waals surface area contributed by atoms with E-state index in [9.17, 15) is 0 Å². The molecule has 1 nitrogen and oxygen atoms in total. The average Bonchev–Trinajstić information content (AvgIpc) is 2.06. The molecule has 0 saturated heterocycles. The van der Waals surface area contributed by atoms with Gasteiger partial charge in [-0.05, 0) is 61.0 Å². The molecule has 0 bridgehead atoms. The van der Waals surface area contributed by atoms with E-state index in [-0.39, 0.29) is 5.60 Å². The Labute approximate surface area is 103 Å².